The molecular formula is C21H19NO3. The second-order valence-electron chi connectivity index (χ2n) is 5.69. The molecule has 0 amide bonds. The third-order valence-electron chi connectivity index (χ3n) is 3.97. The monoisotopic (exact) mass is 333 g/mol. The molecule has 0 radical (unpaired) electrons. The van der Waals surface area contributed by atoms with E-state index in [2.05, 4.69) is 24.3 Å². The fourth-order valence-corrected chi connectivity index (χ4v) is 2.73. The second-order valence-corrected chi connectivity index (χ2v) is 5.69. The highest BCUT2D eigenvalue weighted by atomic mass is 16.5. The molecule has 0 saturated heterocycles. The minimum Gasteiger partial charge on any atom is -0.497 e. The van der Waals surface area contributed by atoms with Crippen LogP contribution in [0.15, 0.2) is 78.2 Å². The van der Waals surface area contributed by atoms with Gasteiger partial charge in [0.05, 0.1) is 13.2 Å². The highest BCUT2D eigenvalue weighted by Gasteiger charge is 2.18. The first-order valence-corrected chi connectivity index (χ1v) is 8.12. The van der Waals surface area contributed by atoms with Gasteiger partial charge < -0.3 is 14.2 Å². The number of hydrogen-bond donors (Lipinski definition) is 0. The second kappa shape index (κ2) is 8.07. The van der Waals surface area contributed by atoms with Crippen molar-refractivity contribution in [1.82, 2.24) is 0 Å². The lowest BCUT2D eigenvalue weighted by atomic mass is 10.0. The van der Waals surface area contributed by atoms with Crippen molar-refractivity contribution in [2.24, 2.45) is 0 Å². The van der Waals surface area contributed by atoms with Crippen molar-refractivity contribution in [2.75, 3.05) is 7.11 Å². The zero-order valence-corrected chi connectivity index (χ0v) is 14.1. The molecule has 0 spiro atoms. The van der Waals surface area contributed by atoms with Gasteiger partial charge in [0.25, 0.3) is 0 Å². The Hall–Kier alpha value is -3.19. The summed E-state index contributed by atoms with van der Waals surface area (Å²) in [5, 5.41) is 9.17. The molecule has 0 N–H and O–H groups in total. The van der Waals surface area contributed by atoms with E-state index in [0.29, 0.717) is 23.5 Å². The van der Waals surface area contributed by atoms with Gasteiger partial charge in [-0.3, -0.25) is 0 Å². The van der Waals surface area contributed by atoms with Gasteiger partial charge in [-0.1, -0.05) is 35.9 Å². The maximum atomic E-state index is 9.17. The number of methoxy groups -OCH3 is 1. The molecular weight excluding hydrogens is 314 g/mol. The van der Waals surface area contributed by atoms with E-state index in [9.17, 15) is 0 Å². The van der Waals surface area contributed by atoms with Crippen molar-refractivity contribution in [3.8, 4) is 11.8 Å². The van der Waals surface area contributed by atoms with E-state index in [1.54, 1.807) is 13.4 Å². The molecule has 1 aliphatic carbocycles. The van der Waals surface area contributed by atoms with Crippen molar-refractivity contribution in [1.29, 1.82) is 5.26 Å². The van der Waals surface area contributed by atoms with E-state index >= 15 is 0 Å². The van der Waals surface area contributed by atoms with E-state index in [1.807, 2.05) is 24.3 Å². The molecule has 1 aromatic carbocycles. The summed E-state index contributed by atoms with van der Waals surface area (Å²) in [7, 11) is 1.61. The molecule has 0 unspecified atom stereocenters. The smallest absolute Gasteiger partial charge is 0.170 e. The highest BCUT2D eigenvalue weighted by molar-refractivity contribution is 5.79. The van der Waals surface area contributed by atoms with E-state index < -0.39 is 0 Å². The van der Waals surface area contributed by atoms with E-state index in [4.69, 9.17) is 19.5 Å². The van der Waals surface area contributed by atoms with Crippen LogP contribution in [0.1, 0.15) is 24.8 Å². The summed E-state index contributed by atoms with van der Waals surface area (Å²) in [6.07, 6.45) is 13.7. The lowest BCUT2D eigenvalue weighted by Gasteiger charge is -2.20. The summed E-state index contributed by atoms with van der Waals surface area (Å²) in [5.74, 6) is 1.96. The molecule has 1 aliphatic heterocycles. The number of hydrogen-bond acceptors (Lipinski definition) is 4. The summed E-state index contributed by atoms with van der Waals surface area (Å²) in [4.78, 5) is 0. The van der Waals surface area contributed by atoms with Crippen LogP contribution < -0.4 is 4.74 Å². The Labute approximate surface area is 147 Å². The first-order chi connectivity index (χ1) is 12.3. The van der Waals surface area contributed by atoms with Crippen molar-refractivity contribution in [2.45, 2.75) is 19.3 Å². The predicted octanol–water partition coefficient (Wildman–Crippen LogP) is 5.00. The molecule has 4 nitrogen and oxygen atoms in total. The molecule has 3 rings (SSSR count). The Morgan fingerprint density at radius 2 is 2.28 bits per heavy atom. The van der Waals surface area contributed by atoms with Crippen LogP contribution in [0, 0.1) is 11.3 Å². The van der Waals surface area contributed by atoms with Gasteiger partial charge in [-0.2, -0.15) is 5.26 Å². The molecule has 2 aliphatic rings. The maximum Gasteiger partial charge on any atom is 0.170 e. The van der Waals surface area contributed by atoms with Crippen LogP contribution >= 0.6 is 0 Å². The number of nitriles is 1. The molecule has 25 heavy (non-hydrogen) atoms. The fourth-order valence-electron chi connectivity index (χ4n) is 2.73. The number of nitrogens with zero attached hydrogens (tertiary/aromatic N) is 1. The van der Waals surface area contributed by atoms with Gasteiger partial charge in [-0.25, -0.2) is 0 Å². The Balaban J connectivity index is 1.80. The summed E-state index contributed by atoms with van der Waals surface area (Å²) in [6.45, 7) is 0. The summed E-state index contributed by atoms with van der Waals surface area (Å²) < 4.78 is 16.7. The fraction of sp³-hybridized carbons (Fsp3) is 0.190. The average Bonchev–Trinajstić information content (AvgIpc) is 2.67. The molecule has 4 heteroatoms. The predicted molar refractivity (Wildman–Crippen MR) is 96.0 cm³/mol. The third-order valence-corrected chi connectivity index (χ3v) is 3.97. The number of ether oxygens (including phenoxy) is 3. The van der Waals surface area contributed by atoms with Crippen LogP contribution in [0.4, 0.5) is 0 Å². The zero-order valence-electron chi connectivity index (χ0n) is 14.1. The van der Waals surface area contributed by atoms with Crippen LogP contribution in [0.25, 0.3) is 5.57 Å². The van der Waals surface area contributed by atoms with Crippen molar-refractivity contribution in [3.63, 3.8) is 0 Å². The number of benzene rings is 1. The molecule has 126 valence electrons. The Kier molecular flexibility index (Phi) is 5.38. The third kappa shape index (κ3) is 4.21. The number of rotatable bonds is 5. The number of allylic oxidation sites excluding steroid dienone is 6. The van der Waals surface area contributed by atoms with Gasteiger partial charge in [0, 0.05) is 18.1 Å². The normalized spacial score (nSPS) is 16.6. The van der Waals surface area contributed by atoms with Gasteiger partial charge in [-0.15, -0.1) is 0 Å². The minimum atomic E-state index is 0.513. The van der Waals surface area contributed by atoms with E-state index in [0.717, 1.165) is 24.2 Å². The van der Waals surface area contributed by atoms with Crippen molar-refractivity contribution in [3.05, 3.63) is 83.7 Å². The lowest BCUT2D eigenvalue weighted by molar-refractivity contribution is 0.231. The molecule has 0 saturated carbocycles. The first kappa shape index (κ1) is 16.7. The van der Waals surface area contributed by atoms with Crippen molar-refractivity contribution < 1.29 is 14.2 Å². The Bertz CT molecular complexity index is 835. The maximum absolute atomic E-state index is 9.17. The minimum absolute atomic E-state index is 0.513. The van der Waals surface area contributed by atoms with Crippen LogP contribution in [-0.4, -0.2) is 7.11 Å². The van der Waals surface area contributed by atoms with Gasteiger partial charge in [-0.05, 0) is 30.5 Å². The van der Waals surface area contributed by atoms with Crippen LogP contribution in [0.3, 0.4) is 0 Å². The topological polar surface area (TPSA) is 51.5 Å². The SMILES string of the molecule is COc1cccc(C(=CC#N)C2=COC=C(CC3=CC=CCC3)O2)c1. The highest BCUT2D eigenvalue weighted by Crippen LogP contribution is 2.32. The van der Waals surface area contributed by atoms with Crippen LogP contribution in [0.5, 0.6) is 5.75 Å². The summed E-state index contributed by atoms with van der Waals surface area (Å²) in [5.41, 5.74) is 2.78. The molecule has 0 aromatic heterocycles. The van der Waals surface area contributed by atoms with Crippen molar-refractivity contribution >= 4 is 5.57 Å². The quantitative estimate of drug-likeness (QED) is 0.712. The van der Waals surface area contributed by atoms with E-state index in [1.165, 1.54) is 17.9 Å². The average molecular weight is 333 g/mol. The largest absolute Gasteiger partial charge is 0.497 e. The Morgan fingerprint density at radius 3 is 3.04 bits per heavy atom. The summed E-state index contributed by atoms with van der Waals surface area (Å²) in [6, 6.07) is 9.57. The lowest BCUT2D eigenvalue weighted by Crippen LogP contribution is -2.04. The van der Waals surface area contributed by atoms with Crippen LogP contribution in [0.2, 0.25) is 0 Å². The van der Waals surface area contributed by atoms with Gasteiger partial charge in [0.1, 0.15) is 24.0 Å². The standard InChI is InChI=1S/C21H19NO3/c1-23-18-9-5-8-17(13-18)20(10-11-22)21-15-24-14-19(25-21)12-16-6-3-2-4-7-16/h2-3,5-6,8-10,13-15H,4,7,12H2,1H3. The van der Waals surface area contributed by atoms with Gasteiger partial charge >= 0.3 is 0 Å². The van der Waals surface area contributed by atoms with Gasteiger partial charge in [0.15, 0.2) is 5.76 Å². The van der Waals surface area contributed by atoms with Gasteiger partial charge in [0.2, 0.25) is 0 Å². The summed E-state index contributed by atoms with van der Waals surface area (Å²) >= 11 is 0. The molecule has 1 aromatic rings. The molecule has 0 bridgehead atoms. The zero-order chi connectivity index (χ0) is 17.5. The molecule has 1 heterocycles. The van der Waals surface area contributed by atoms with Crippen LogP contribution in [-0.2, 0) is 9.47 Å². The first-order valence-electron chi connectivity index (χ1n) is 8.12. The molecule has 0 atom stereocenters. The Morgan fingerprint density at radius 1 is 1.36 bits per heavy atom. The van der Waals surface area contributed by atoms with E-state index in [-0.39, 0.29) is 0 Å². The molecule has 0 fully saturated rings.